The molecule has 0 fully saturated rings. The highest BCUT2D eigenvalue weighted by Gasteiger charge is 2.28. The van der Waals surface area contributed by atoms with Crippen LogP contribution in [0.4, 0.5) is 0 Å². The van der Waals surface area contributed by atoms with Gasteiger partial charge in [0.1, 0.15) is 11.8 Å². The lowest BCUT2D eigenvalue weighted by Crippen LogP contribution is -2.50. The predicted molar refractivity (Wildman–Crippen MR) is 107 cm³/mol. The number of ether oxygens (including phenoxy) is 1. The molecule has 144 valence electrons. The SMILES string of the molecule is CCOc1ccccc1C(=O)NC(C(=O)N(C)Cc1ccccc1)C(C)C. The van der Waals surface area contributed by atoms with Crippen LogP contribution in [-0.2, 0) is 11.3 Å². The van der Waals surface area contributed by atoms with E-state index in [4.69, 9.17) is 4.74 Å². The standard InChI is InChI=1S/C22H28N2O3/c1-5-27-19-14-10-9-13-18(19)21(25)23-20(16(2)3)22(26)24(4)15-17-11-7-6-8-12-17/h6-14,16,20H,5,15H2,1-4H3,(H,23,25). The molecular formula is C22H28N2O3. The summed E-state index contributed by atoms with van der Waals surface area (Å²) in [6, 6.07) is 16.2. The second-order valence-electron chi connectivity index (χ2n) is 6.80. The molecule has 0 saturated carbocycles. The van der Waals surface area contributed by atoms with Gasteiger partial charge in [0.15, 0.2) is 0 Å². The molecule has 0 aliphatic heterocycles. The predicted octanol–water partition coefficient (Wildman–Crippen LogP) is 3.50. The van der Waals surface area contributed by atoms with Crippen molar-refractivity contribution >= 4 is 11.8 Å². The van der Waals surface area contributed by atoms with E-state index < -0.39 is 6.04 Å². The van der Waals surface area contributed by atoms with Crippen molar-refractivity contribution in [2.45, 2.75) is 33.4 Å². The Hall–Kier alpha value is -2.82. The van der Waals surface area contributed by atoms with Crippen LogP contribution in [0.5, 0.6) is 5.75 Å². The molecule has 0 aliphatic rings. The van der Waals surface area contributed by atoms with Gasteiger partial charge >= 0.3 is 0 Å². The van der Waals surface area contributed by atoms with E-state index >= 15 is 0 Å². The van der Waals surface area contributed by atoms with E-state index in [1.807, 2.05) is 57.2 Å². The van der Waals surface area contributed by atoms with Crippen LogP contribution in [0.3, 0.4) is 0 Å². The van der Waals surface area contributed by atoms with Gasteiger partial charge < -0.3 is 15.0 Å². The van der Waals surface area contributed by atoms with Crippen LogP contribution < -0.4 is 10.1 Å². The normalized spacial score (nSPS) is 11.7. The van der Waals surface area contributed by atoms with Crippen molar-refractivity contribution in [3.05, 3.63) is 65.7 Å². The Morgan fingerprint density at radius 2 is 1.67 bits per heavy atom. The molecule has 0 bridgehead atoms. The highest BCUT2D eigenvalue weighted by molar-refractivity contribution is 5.99. The van der Waals surface area contributed by atoms with Crippen molar-refractivity contribution in [1.82, 2.24) is 10.2 Å². The van der Waals surface area contributed by atoms with Crippen LogP contribution >= 0.6 is 0 Å². The largest absolute Gasteiger partial charge is 0.493 e. The third-order valence-electron chi connectivity index (χ3n) is 4.29. The molecule has 27 heavy (non-hydrogen) atoms. The van der Waals surface area contributed by atoms with Crippen LogP contribution in [0.1, 0.15) is 36.7 Å². The Labute approximate surface area is 161 Å². The lowest BCUT2D eigenvalue weighted by molar-refractivity contribution is -0.133. The third-order valence-corrected chi connectivity index (χ3v) is 4.29. The summed E-state index contributed by atoms with van der Waals surface area (Å²) in [4.78, 5) is 27.4. The molecule has 2 aromatic rings. The number of benzene rings is 2. The van der Waals surface area contributed by atoms with Crippen molar-refractivity contribution in [1.29, 1.82) is 0 Å². The minimum absolute atomic E-state index is 0.0427. The fourth-order valence-corrected chi connectivity index (χ4v) is 2.84. The summed E-state index contributed by atoms with van der Waals surface area (Å²) >= 11 is 0. The summed E-state index contributed by atoms with van der Waals surface area (Å²) in [5.41, 5.74) is 1.48. The average molecular weight is 368 g/mol. The Bertz CT molecular complexity index is 759. The fraction of sp³-hybridized carbons (Fsp3) is 0.364. The van der Waals surface area contributed by atoms with Gasteiger partial charge in [-0.3, -0.25) is 9.59 Å². The molecule has 5 heteroatoms. The van der Waals surface area contributed by atoms with E-state index in [0.717, 1.165) is 5.56 Å². The number of amides is 2. The minimum Gasteiger partial charge on any atom is -0.493 e. The van der Waals surface area contributed by atoms with E-state index in [1.54, 1.807) is 30.1 Å². The van der Waals surface area contributed by atoms with Crippen LogP contribution in [0.2, 0.25) is 0 Å². The fourth-order valence-electron chi connectivity index (χ4n) is 2.84. The van der Waals surface area contributed by atoms with Gasteiger partial charge in [-0.15, -0.1) is 0 Å². The Balaban J connectivity index is 2.12. The maximum atomic E-state index is 12.9. The summed E-state index contributed by atoms with van der Waals surface area (Å²) in [5, 5.41) is 2.89. The van der Waals surface area contributed by atoms with Gasteiger partial charge in [-0.05, 0) is 30.5 Å². The van der Waals surface area contributed by atoms with E-state index in [9.17, 15) is 9.59 Å². The molecule has 0 radical (unpaired) electrons. The number of para-hydroxylation sites is 1. The zero-order valence-electron chi connectivity index (χ0n) is 16.4. The second kappa shape index (κ2) is 9.76. The van der Waals surface area contributed by atoms with Crippen LogP contribution in [-0.4, -0.2) is 36.4 Å². The van der Waals surface area contributed by atoms with Crippen LogP contribution in [0.25, 0.3) is 0 Å². The summed E-state index contributed by atoms with van der Waals surface area (Å²) in [7, 11) is 1.75. The first-order chi connectivity index (χ1) is 12.9. The molecule has 2 amide bonds. The lowest BCUT2D eigenvalue weighted by Gasteiger charge is -2.27. The second-order valence-corrected chi connectivity index (χ2v) is 6.80. The van der Waals surface area contributed by atoms with E-state index in [2.05, 4.69) is 5.32 Å². The summed E-state index contributed by atoms with van der Waals surface area (Å²) in [6.07, 6.45) is 0. The maximum absolute atomic E-state index is 12.9. The topological polar surface area (TPSA) is 58.6 Å². The summed E-state index contributed by atoms with van der Waals surface area (Å²) in [6.45, 7) is 6.68. The van der Waals surface area contributed by atoms with Gasteiger partial charge in [0, 0.05) is 13.6 Å². The average Bonchev–Trinajstić information content (AvgIpc) is 2.66. The van der Waals surface area contributed by atoms with Gasteiger partial charge in [-0.25, -0.2) is 0 Å². The Morgan fingerprint density at radius 1 is 1.04 bits per heavy atom. The van der Waals surface area contributed by atoms with E-state index in [1.165, 1.54) is 0 Å². The van der Waals surface area contributed by atoms with Gasteiger partial charge in [-0.1, -0.05) is 56.3 Å². The quantitative estimate of drug-likeness (QED) is 0.776. The molecule has 5 nitrogen and oxygen atoms in total. The molecule has 0 aliphatic carbocycles. The molecule has 2 rings (SSSR count). The smallest absolute Gasteiger partial charge is 0.255 e. The van der Waals surface area contributed by atoms with Crippen molar-refractivity contribution in [3.8, 4) is 5.75 Å². The zero-order chi connectivity index (χ0) is 19.8. The molecule has 1 atom stereocenters. The molecule has 0 spiro atoms. The van der Waals surface area contributed by atoms with Gasteiger partial charge in [0.2, 0.25) is 5.91 Å². The Morgan fingerprint density at radius 3 is 2.30 bits per heavy atom. The summed E-state index contributed by atoms with van der Waals surface area (Å²) < 4.78 is 5.53. The molecule has 0 heterocycles. The third kappa shape index (κ3) is 5.58. The molecule has 2 aromatic carbocycles. The maximum Gasteiger partial charge on any atom is 0.255 e. The molecular weight excluding hydrogens is 340 g/mol. The van der Waals surface area contributed by atoms with Crippen molar-refractivity contribution < 1.29 is 14.3 Å². The molecule has 1 unspecified atom stereocenters. The first-order valence-corrected chi connectivity index (χ1v) is 9.25. The highest BCUT2D eigenvalue weighted by Crippen LogP contribution is 2.19. The van der Waals surface area contributed by atoms with Crippen molar-refractivity contribution in [3.63, 3.8) is 0 Å². The monoisotopic (exact) mass is 368 g/mol. The van der Waals surface area contributed by atoms with Crippen LogP contribution in [0, 0.1) is 5.92 Å². The molecule has 0 aromatic heterocycles. The molecule has 0 saturated heterocycles. The van der Waals surface area contributed by atoms with Crippen LogP contribution in [0.15, 0.2) is 54.6 Å². The lowest BCUT2D eigenvalue weighted by atomic mass is 10.0. The first kappa shape index (κ1) is 20.5. The van der Waals surface area contributed by atoms with Gasteiger partial charge in [-0.2, -0.15) is 0 Å². The minimum atomic E-state index is -0.610. The number of carbonyl (C=O) groups is 2. The number of nitrogens with one attached hydrogen (secondary N) is 1. The summed E-state index contributed by atoms with van der Waals surface area (Å²) in [5.74, 6) is 0.0549. The van der Waals surface area contributed by atoms with Gasteiger partial charge in [0.05, 0.1) is 12.2 Å². The first-order valence-electron chi connectivity index (χ1n) is 9.25. The number of nitrogens with zero attached hydrogens (tertiary/aromatic N) is 1. The number of hydrogen-bond acceptors (Lipinski definition) is 3. The Kier molecular flexibility index (Phi) is 7.41. The number of hydrogen-bond donors (Lipinski definition) is 1. The highest BCUT2D eigenvalue weighted by atomic mass is 16.5. The van der Waals surface area contributed by atoms with Crippen molar-refractivity contribution in [2.24, 2.45) is 5.92 Å². The van der Waals surface area contributed by atoms with E-state index in [0.29, 0.717) is 24.5 Å². The molecule has 1 N–H and O–H groups in total. The zero-order valence-corrected chi connectivity index (χ0v) is 16.4. The van der Waals surface area contributed by atoms with Gasteiger partial charge in [0.25, 0.3) is 5.91 Å². The number of carbonyl (C=O) groups excluding carboxylic acids is 2. The number of likely N-dealkylation sites (N-methyl/N-ethyl adjacent to an activating group) is 1. The van der Waals surface area contributed by atoms with E-state index in [-0.39, 0.29) is 17.7 Å². The number of rotatable bonds is 8. The van der Waals surface area contributed by atoms with Crippen molar-refractivity contribution in [2.75, 3.05) is 13.7 Å².